The molecule has 3 heterocycles. The number of aryl methyl sites for hydroxylation is 2. The number of anilines is 1. The van der Waals surface area contributed by atoms with Gasteiger partial charge in [0.25, 0.3) is 0 Å². The van der Waals surface area contributed by atoms with Crippen LogP contribution in [0, 0.1) is 17.0 Å². The van der Waals surface area contributed by atoms with Crippen LogP contribution in [-0.4, -0.2) is 21.2 Å². The van der Waals surface area contributed by atoms with Crippen molar-refractivity contribution < 1.29 is 4.92 Å². The second kappa shape index (κ2) is 5.48. The fraction of sp³-hybridized carbons (Fsp3) is 0.500. The first-order valence-electron chi connectivity index (χ1n) is 7.15. The summed E-state index contributed by atoms with van der Waals surface area (Å²) in [5.41, 5.74) is 0.647. The highest BCUT2D eigenvalue weighted by atomic mass is 32.1. The number of hydrogen-bond donors (Lipinski definition) is 0. The van der Waals surface area contributed by atoms with E-state index in [9.17, 15) is 10.1 Å². The Bertz CT molecular complexity index is 650. The third kappa shape index (κ3) is 2.31. The lowest BCUT2D eigenvalue weighted by Gasteiger charge is -2.25. The molecule has 1 atom stereocenters. The van der Waals surface area contributed by atoms with Crippen LogP contribution in [0.2, 0.25) is 0 Å². The quantitative estimate of drug-likeness (QED) is 0.640. The van der Waals surface area contributed by atoms with Gasteiger partial charge < -0.3 is 4.90 Å². The summed E-state index contributed by atoms with van der Waals surface area (Å²) in [6, 6.07) is 4.37. The van der Waals surface area contributed by atoms with E-state index in [2.05, 4.69) is 21.4 Å². The van der Waals surface area contributed by atoms with Crippen molar-refractivity contribution in [2.45, 2.75) is 39.3 Å². The molecule has 3 rings (SSSR count). The Balaban J connectivity index is 2.08. The summed E-state index contributed by atoms with van der Waals surface area (Å²) in [6.07, 6.45) is 2.08. The van der Waals surface area contributed by atoms with Crippen LogP contribution in [0.3, 0.4) is 0 Å². The lowest BCUT2D eigenvalue weighted by atomic mass is 10.2. The normalized spacial score (nSPS) is 18.4. The van der Waals surface area contributed by atoms with E-state index >= 15 is 0 Å². The van der Waals surface area contributed by atoms with Crippen LogP contribution in [0.25, 0.3) is 0 Å². The van der Waals surface area contributed by atoms with Gasteiger partial charge in [0.1, 0.15) is 5.69 Å². The molecule has 0 bridgehead atoms. The molecule has 21 heavy (non-hydrogen) atoms. The SMILES string of the molecule is CCn1nc(C)c([N+](=O)[O-])c1N1CCC[C@@H]1c1cccs1. The smallest absolute Gasteiger partial charge is 0.333 e. The van der Waals surface area contributed by atoms with E-state index in [1.807, 2.05) is 13.0 Å². The minimum atomic E-state index is -0.298. The highest BCUT2D eigenvalue weighted by molar-refractivity contribution is 7.10. The van der Waals surface area contributed by atoms with E-state index in [1.54, 1.807) is 22.9 Å². The second-order valence-corrected chi connectivity index (χ2v) is 6.18. The summed E-state index contributed by atoms with van der Waals surface area (Å²) in [6.45, 7) is 5.16. The first-order chi connectivity index (χ1) is 10.1. The van der Waals surface area contributed by atoms with Gasteiger partial charge in [-0.1, -0.05) is 6.07 Å². The van der Waals surface area contributed by atoms with Crippen LogP contribution in [0.4, 0.5) is 11.5 Å². The predicted molar refractivity (Wildman–Crippen MR) is 82.9 cm³/mol. The average molecular weight is 306 g/mol. The molecule has 2 aromatic heterocycles. The zero-order valence-electron chi connectivity index (χ0n) is 12.2. The summed E-state index contributed by atoms with van der Waals surface area (Å²) < 4.78 is 1.76. The van der Waals surface area contributed by atoms with Crippen molar-refractivity contribution in [1.82, 2.24) is 9.78 Å². The van der Waals surface area contributed by atoms with Gasteiger partial charge in [-0.05, 0) is 38.1 Å². The Kier molecular flexibility index (Phi) is 3.67. The van der Waals surface area contributed by atoms with Crippen LogP contribution in [0.1, 0.15) is 36.4 Å². The molecule has 0 spiro atoms. The molecule has 0 unspecified atom stereocenters. The van der Waals surface area contributed by atoms with Gasteiger partial charge in [-0.25, -0.2) is 4.68 Å². The van der Waals surface area contributed by atoms with Crippen molar-refractivity contribution in [3.05, 3.63) is 38.2 Å². The molecule has 112 valence electrons. The van der Waals surface area contributed by atoms with Gasteiger partial charge >= 0.3 is 5.69 Å². The number of rotatable bonds is 4. The molecule has 0 aliphatic carbocycles. The number of aromatic nitrogens is 2. The van der Waals surface area contributed by atoms with E-state index < -0.39 is 0 Å². The van der Waals surface area contributed by atoms with Gasteiger partial charge in [-0.3, -0.25) is 10.1 Å². The Hall–Kier alpha value is -1.89. The topological polar surface area (TPSA) is 64.2 Å². The molecule has 1 saturated heterocycles. The molecular weight excluding hydrogens is 288 g/mol. The zero-order valence-corrected chi connectivity index (χ0v) is 13.0. The minimum Gasteiger partial charge on any atom is -0.343 e. The van der Waals surface area contributed by atoms with Crippen molar-refractivity contribution in [3.63, 3.8) is 0 Å². The predicted octanol–water partition coefficient (Wildman–Crippen LogP) is 3.52. The lowest BCUT2D eigenvalue weighted by molar-refractivity contribution is -0.384. The molecule has 1 fully saturated rings. The maximum absolute atomic E-state index is 11.4. The lowest BCUT2D eigenvalue weighted by Crippen LogP contribution is -2.25. The van der Waals surface area contributed by atoms with E-state index in [0.29, 0.717) is 18.1 Å². The molecule has 2 aromatic rings. The molecule has 1 aliphatic heterocycles. The number of nitrogens with zero attached hydrogens (tertiary/aromatic N) is 4. The third-order valence-corrected chi connectivity index (χ3v) is 4.92. The molecule has 0 radical (unpaired) electrons. The summed E-state index contributed by atoms with van der Waals surface area (Å²) in [5, 5.41) is 17.9. The fourth-order valence-electron chi connectivity index (χ4n) is 3.08. The molecule has 1 aliphatic rings. The Labute approximate surface area is 127 Å². The van der Waals surface area contributed by atoms with Gasteiger partial charge in [0.15, 0.2) is 0 Å². The second-order valence-electron chi connectivity index (χ2n) is 5.20. The summed E-state index contributed by atoms with van der Waals surface area (Å²) in [4.78, 5) is 14.6. The Morgan fingerprint density at radius 2 is 2.38 bits per heavy atom. The maximum atomic E-state index is 11.4. The Morgan fingerprint density at radius 3 is 3.00 bits per heavy atom. The molecule has 6 nitrogen and oxygen atoms in total. The van der Waals surface area contributed by atoms with Gasteiger partial charge in [0, 0.05) is 18.0 Å². The van der Waals surface area contributed by atoms with Crippen molar-refractivity contribution in [1.29, 1.82) is 0 Å². The summed E-state index contributed by atoms with van der Waals surface area (Å²) >= 11 is 1.71. The van der Waals surface area contributed by atoms with Crippen molar-refractivity contribution in [2.24, 2.45) is 0 Å². The van der Waals surface area contributed by atoms with Gasteiger partial charge in [0.05, 0.1) is 11.0 Å². The largest absolute Gasteiger partial charge is 0.343 e. The third-order valence-electron chi connectivity index (χ3n) is 3.95. The molecule has 0 N–H and O–H groups in total. The van der Waals surface area contributed by atoms with E-state index in [0.717, 1.165) is 19.4 Å². The fourth-order valence-corrected chi connectivity index (χ4v) is 3.95. The van der Waals surface area contributed by atoms with Crippen LogP contribution in [0.15, 0.2) is 17.5 Å². The molecule has 0 saturated carbocycles. The average Bonchev–Trinajstić information content (AvgIpc) is 3.16. The van der Waals surface area contributed by atoms with Gasteiger partial charge in [-0.2, -0.15) is 5.10 Å². The highest BCUT2D eigenvalue weighted by Gasteiger charge is 2.36. The van der Waals surface area contributed by atoms with Crippen LogP contribution in [0.5, 0.6) is 0 Å². The number of nitro groups is 1. The maximum Gasteiger partial charge on any atom is 0.333 e. The van der Waals surface area contributed by atoms with Crippen LogP contribution < -0.4 is 4.90 Å². The monoisotopic (exact) mass is 306 g/mol. The van der Waals surface area contributed by atoms with E-state index in [1.165, 1.54) is 4.88 Å². The van der Waals surface area contributed by atoms with Crippen molar-refractivity contribution in [2.75, 3.05) is 11.4 Å². The molecular formula is C14H18N4O2S. The summed E-state index contributed by atoms with van der Waals surface area (Å²) in [7, 11) is 0. The zero-order chi connectivity index (χ0) is 15.0. The van der Waals surface area contributed by atoms with E-state index in [4.69, 9.17) is 0 Å². The van der Waals surface area contributed by atoms with Crippen molar-refractivity contribution in [3.8, 4) is 0 Å². The first-order valence-corrected chi connectivity index (χ1v) is 8.03. The van der Waals surface area contributed by atoms with Gasteiger partial charge in [0.2, 0.25) is 5.82 Å². The highest BCUT2D eigenvalue weighted by Crippen LogP contribution is 2.42. The molecule has 0 aromatic carbocycles. The number of hydrogen-bond acceptors (Lipinski definition) is 5. The number of thiophene rings is 1. The molecule has 0 amide bonds. The van der Waals surface area contributed by atoms with E-state index in [-0.39, 0.29) is 16.7 Å². The van der Waals surface area contributed by atoms with Crippen LogP contribution >= 0.6 is 11.3 Å². The minimum absolute atomic E-state index is 0.153. The first kappa shape index (κ1) is 14.1. The Morgan fingerprint density at radius 1 is 1.57 bits per heavy atom. The summed E-state index contributed by atoms with van der Waals surface area (Å²) in [5.74, 6) is 0.663. The van der Waals surface area contributed by atoms with Crippen LogP contribution in [-0.2, 0) is 6.54 Å². The standard InChI is InChI=1S/C14H18N4O2S/c1-3-17-14(13(18(19)20)10(2)15-17)16-8-4-6-11(16)12-7-5-9-21-12/h5,7,9,11H,3-4,6,8H2,1-2H3/t11-/m1/s1. The molecule has 7 heteroatoms. The van der Waals surface area contributed by atoms with Crippen molar-refractivity contribution >= 4 is 22.8 Å². The van der Waals surface area contributed by atoms with Gasteiger partial charge in [-0.15, -0.1) is 11.3 Å².